The number of alkyl halides is 2. The number of ether oxygens (including phenoxy) is 3. The van der Waals surface area contributed by atoms with Crippen LogP contribution in [0.2, 0.25) is 0 Å². The molecule has 3 fully saturated rings. The molecule has 4 heterocycles. The minimum atomic E-state index is -2.91. The summed E-state index contributed by atoms with van der Waals surface area (Å²) in [7, 11) is 0. The van der Waals surface area contributed by atoms with Crippen LogP contribution in [0.4, 0.5) is 29.5 Å². The number of halogens is 3. The first-order chi connectivity index (χ1) is 18.2. The van der Waals surface area contributed by atoms with E-state index in [4.69, 9.17) is 14.2 Å². The molecule has 9 nitrogen and oxygen atoms in total. The lowest BCUT2D eigenvalue weighted by molar-refractivity contribution is -0.0207. The molecule has 1 atom stereocenters. The number of nitrogens with zero attached hydrogens (tertiary/aromatic N) is 3. The van der Waals surface area contributed by atoms with Gasteiger partial charge >= 0.3 is 6.03 Å². The highest BCUT2D eigenvalue weighted by Crippen LogP contribution is 2.42. The molecule has 0 saturated carbocycles. The Labute approximate surface area is 218 Å². The number of hydrogen-bond acceptors (Lipinski definition) is 7. The van der Waals surface area contributed by atoms with Crippen molar-refractivity contribution in [1.29, 1.82) is 0 Å². The number of likely N-dealkylation sites (tertiary alicyclic amines) is 1. The van der Waals surface area contributed by atoms with Crippen molar-refractivity contribution in [2.45, 2.75) is 31.3 Å². The molecule has 1 aromatic carbocycles. The smallest absolute Gasteiger partial charge is 0.322 e. The van der Waals surface area contributed by atoms with E-state index in [2.05, 4.69) is 15.2 Å². The number of aliphatic hydroxyl groups is 1. The first-order valence-electron chi connectivity index (χ1n) is 12.6. The number of aliphatic hydroxyl groups excluding tert-OH is 1. The summed E-state index contributed by atoms with van der Waals surface area (Å²) in [6.45, 7) is 3.67. The fraction of sp³-hybridized carbons (Fsp3) is 0.538. The second-order valence-electron chi connectivity index (χ2n) is 9.98. The van der Waals surface area contributed by atoms with Crippen molar-refractivity contribution in [3.63, 3.8) is 0 Å². The lowest BCUT2D eigenvalue weighted by atomic mass is 9.98. The zero-order valence-corrected chi connectivity index (χ0v) is 21.1. The minimum absolute atomic E-state index is 0.0214. The molecule has 3 saturated heterocycles. The van der Waals surface area contributed by atoms with E-state index in [1.54, 1.807) is 19.1 Å². The van der Waals surface area contributed by atoms with E-state index in [1.807, 2.05) is 6.07 Å². The number of carbonyl (C=O) groups excluding carboxylic acids is 1. The van der Waals surface area contributed by atoms with Gasteiger partial charge in [-0.1, -0.05) is 0 Å². The number of carbonyl (C=O) groups is 1. The third kappa shape index (κ3) is 5.67. The van der Waals surface area contributed by atoms with Crippen molar-refractivity contribution in [1.82, 2.24) is 9.88 Å². The van der Waals surface area contributed by atoms with E-state index in [9.17, 15) is 23.1 Å². The van der Waals surface area contributed by atoms with Gasteiger partial charge in [-0.25, -0.2) is 18.0 Å². The summed E-state index contributed by atoms with van der Waals surface area (Å²) < 4.78 is 58.8. The molecule has 12 heteroatoms. The third-order valence-electron chi connectivity index (χ3n) is 7.11. The van der Waals surface area contributed by atoms with Crippen molar-refractivity contribution < 1.29 is 37.3 Å². The van der Waals surface area contributed by atoms with Gasteiger partial charge in [0.15, 0.2) is 0 Å². The molecule has 0 aliphatic carbocycles. The van der Waals surface area contributed by atoms with Gasteiger partial charge in [0.2, 0.25) is 5.88 Å². The van der Waals surface area contributed by atoms with Crippen molar-refractivity contribution in [2.24, 2.45) is 0 Å². The van der Waals surface area contributed by atoms with Gasteiger partial charge in [-0.2, -0.15) is 4.98 Å². The number of rotatable bonds is 6. The molecule has 5 rings (SSSR count). The van der Waals surface area contributed by atoms with Gasteiger partial charge in [0, 0.05) is 32.1 Å². The molecule has 38 heavy (non-hydrogen) atoms. The summed E-state index contributed by atoms with van der Waals surface area (Å²) in [6.07, 6.45) is -0.128. The number of anilines is 2. The van der Waals surface area contributed by atoms with Crippen LogP contribution in [0.5, 0.6) is 5.88 Å². The van der Waals surface area contributed by atoms with Gasteiger partial charge in [-0.15, -0.1) is 0 Å². The number of pyridine rings is 1. The van der Waals surface area contributed by atoms with E-state index < -0.39 is 36.4 Å². The molecule has 1 unspecified atom stereocenters. The van der Waals surface area contributed by atoms with Crippen molar-refractivity contribution in [3.8, 4) is 17.0 Å². The molecule has 0 bridgehead atoms. The van der Waals surface area contributed by atoms with Crippen LogP contribution in [0.15, 0.2) is 24.3 Å². The van der Waals surface area contributed by atoms with Gasteiger partial charge < -0.3 is 34.4 Å². The lowest BCUT2D eigenvalue weighted by Gasteiger charge is -2.28. The molecule has 2 amide bonds. The number of benzene rings is 1. The maximum Gasteiger partial charge on any atom is 0.322 e. The minimum Gasteiger partial charge on any atom is -0.475 e. The monoisotopic (exact) mass is 536 g/mol. The Morgan fingerprint density at radius 1 is 1.21 bits per heavy atom. The fourth-order valence-electron chi connectivity index (χ4n) is 5.21. The number of morpholine rings is 1. The Kier molecular flexibility index (Phi) is 7.38. The van der Waals surface area contributed by atoms with Crippen LogP contribution >= 0.6 is 0 Å². The van der Waals surface area contributed by atoms with Crippen LogP contribution in [0.1, 0.15) is 18.4 Å². The summed E-state index contributed by atoms with van der Waals surface area (Å²) >= 11 is 0. The SMILES string of the molecule is Cc1cc(F)c(NC(=O)N2CCC3(C2)CC(F)(F)CO3)cc1-c1cc(OCCO)nc(N2CCOCC2)c1. The van der Waals surface area contributed by atoms with Crippen molar-refractivity contribution in [2.75, 3.05) is 69.4 Å². The Morgan fingerprint density at radius 2 is 2.00 bits per heavy atom. The maximum atomic E-state index is 15.0. The Bertz CT molecular complexity index is 1190. The standard InChI is InChI=1S/C26H31F3N4O5/c1-17-10-20(27)21(30-24(35)33-3-2-25(15-33)14-26(28,29)16-38-25)13-19(17)18-11-22(32-4-7-36-8-5-32)31-23(12-18)37-9-6-34/h10-13,34H,2-9,14-16H2,1H3,(H,30,35). The Balaban J connectivity index is 1.39. The molecule has 1 spiro atoms. The number of nitrogens with one attached hydrogen (secondary N) is 1. The van der Waals surface area contributed by atoms with Crippen LogP contribution in [0.25, 0.3) is 11.1 Å². The summed E-state index contributed by atoms with van der Waals surface area (Å²) in [5.74, 6) is -2.56. The van der Waals surface area contributed by atoms with Crippen LogP contribution in [-0.4, -0.2) is 91.8 Å². The molecule has 206 valence electrons. The highest BCUT2D eigenvalue weighted by molar-refractivity contribution is 5.91. The summed E-state index contributed by atoms with van der Waals surface area (Å²) in [5.41, 5.74) is 0.898. The molecule has 3 aliphatic rings. The highest BCUT2D eigenvalue weighted by Gasteiger charge is 2.54. The highest BCUT2D eigenvalue weighted by atomic mass is 19.3. The Morgan fingerprint density at radius 3 is 2.71 bits per heavy atom. The van der Waals surface area contributed by atoms with Gasteiger partial charge in [-0.05, 0) is 48.2 Å². The zero-order chi connectivity index (χ0) is 26.9. The number of hydrogen-bond donors (Lipinski definition) is 2. The third-order valence-corrected chi connectivity index (χ3v) is 7.11. The molecular weight excluding hydrogens is 505 g/mol. The van der Waals surface area contributed by atoms with Crippen molar-refractivity contribution in [3.05, 3.63) is 35.6 Å². The molecular formula is C26H31F3N4O5. The second kappa shape index (κ2) is 10.6. The van der Waals surface area contributed by atoms with Crippen LogP contribution in [-0.2, 0) is 9.47 Å². The lowest BCUT2D eigenvalue weighted by Crippen LogP contribution is -2.38. The summed E-state index contributed by atoms with van der Waals surface area (Å²) in [6, 6.07) is 5.87. The first kappa shape index (κ1) is 26.5. The largest absolute Gasteiger partial charge is 0.475 e. The van der Waals surface area contributed by atoms with E-state index in [1.165, 1.54) is 11.0 Å². The van der Waals surface area contributed by atoms with Crippen LogP contribution in [0.3, 0.4) is 0 Å². The van der Waals surface area contributed by atoms with E-state index >= 15 is 0 Å². The van der Waals surface area contributed by atoms with E-state index in [0.717, 1.165) is 0 Å². The van der Waals surface area contributed by atoms with Gasteiger partial charge in [0.05, 0.1) is 37.7 Å². The number of amides is 2. The molecule has 3 aliphatic heterocycles. The number of aromatic nitrogens is 1. The zero-order valence-electron chi connectivity index (χ0n) is 21.1. The molecule has 2 aromatic rings. The van der Waals surface area contributed by atoms with Crippen LogP contribution < -0.4 is 15.0 Å². The number of urea groups is 1. The molecule has 1 aromatic heterocycles. The van der Waals surface area contributed by atoms with Crippen LogP contribution in [0, 0.1) is 12.7 Å². The van der Waals surface area contributed by atoms with Gasteiger partial charge in [-0.3, -0.25) is 0 Å². The topological polar surface area (TPSA) is 96.4 Å². The van der Waals surface area contributed by atoms with E-state index in [-0.39, 0.29) is 32.0 Å². The first-order valence-corrected chi connectivity index (χ1v) is 12.6. The summed E-state index contributed by atoms with van der Waals surface area (Å²) in [5, 5.41) is 11.8. The predicted octanol–water partition coefficient (Wildman–Crippen LogP) is 3.44. The van der Waals surface area contributed by atoms with E-state index in [0.29, 0.717) is 61.1 Å². The fourth-order valence-corrected chi connectivity index (χ4v) is 5.21. The quantitative estimate of drug-likeness (QED) is 0.584. The molecule has 0 radical (unpaired) electrons. The summed E-state index contributed by atoms with van der Waals surface area (Å²) in [4.78, 5) is 21.0. The maximum absolute atomic E-state index is 15.0. The average Bonchev–Trinajstić information content (AvgIpc) is 3.45. The second-order valence-corrected chi connectivity index (χ2v) is 9.98. The Hall–Kier alpha value is -3.09. The van der Waals surface area contributed by atoms with Gasteiger partial charge in [0.25, 0.3) is 5.92 Å². The van der Waals surface area contributed by atoms with Crippen molar-refractivity contribution >= 4 is 17.5 Å². The average molecular weight is 537 g/mol. The van der Waals surface area contributed by atoms with Gasteiger partial charge in [0.1, 0.15) is 24.8 Å². The molecule has 2 N–H and O–H groups in total. The normalized spacial score (nSPS) is 22.8. The predicted molar refractivity (Wildman–Crippen MR) is 133 cm³/mol. The number of aryl methyl sites for hydroxylation is 1.